The summed E-state index contributed by atoms with van der Waals surface area (Å²) in [5, 5.41) is 9.04. The zero-order chi connectivity index (χ0) is 14.9. The predicted octanol–water partition coefficient (Wildman–Crippen LogP) is 4.38. The minimum atomic E-state index is -4.48. The van der Waals surface area contributed by atoms with E-state index in [1.54, 1.807) is 6.92 Å². The third-order valence-corrected chi connectivity index (χ3v) is 3.01. The van der Waals surface area contributed by atoms with Gasteiger partial charge in [0.15, 0.2) is 0 Å². The van der Waals surface area contributed by atoms with Crippen molar-refractivity contribution in [3.63, 3.8) is 0 Å². The summed E-state index contributed by atoms with van der Waals surface area (Å²) in [5.74, 6) is -1.16. The van der Waals surface area contributed by atoms with Crippen LogP contribution in [0.25, 0.3) is 11.1 Å². The molecule has 104 valence electrons. The highest BCUT2D eigenvalue weighted by Crippen LogP contribution is 2.37. The number of hydrogen-bond acceptors (Lipinski definition) is 1. The average Bonchev–Trinajstić information content (AvgIpc) is 2.38. The van der Waals surface area contributed by atoms with Crippen molar-refractivity contribution < 1.29 is 23.1 Å². The molecule has 0 aliphatic carbocycles. The Morgan fingerprint density at radius 1 is 1.10 bits per heavy atom. The number of aromatic carboxylic acids is 1. The first-order chi connectivity index (χ1) is 9.30. The summed E-state index contributed by atoms with van der Waals surface area (Å²) in [7, 11) is 0. The molecule has 0 heterocycles. The van der Waals surface area contributed by atoms with Gasteiger partial charge in [0.05, 0.1) is 11.1 Å². The van der Waals surface area contributed by atoms with E-state index in [0.29, 0.717) is 5.56 Å². The Hall–Kier alpha value is -2.30. The zero-order valence-corrected chi connectivity index (χ0v) is 10.5. The summed E-state index contributed by atoms with van der Waals surface area (Å²) in [6.07, 6.45) is -4.48. The molecule has 2 rings (SSSR count). The maximum absolute atomic E-state index is 13.0. The fourth-order valence-corrected chi connectivity index (χ4v) is 2.00. The van der Waals surface area contributed by atoms with E-state index in [1.165, 1.54) is 36.4 Å². The largest absolute Gasteiger partial charge is 0.478 e. The number of rotatable bonds is 2. The van der Waals surface area contributed by atoms with Gasteiger partial charge in [0.2, 0.25) is 0 Å². The van der Waals surface area contributed by atoms with E-state index in [2.05, 4.69) is 0 Å². The molecule has 0 aliphatic heterocycles. The van der Waals surface area contributed by atoms with E-state index < -0.39 is 17.7 Å². The second kappa shape index (κ2) is 5.00. The number of alkyl halides is 3. The molecule has 0 aliphatic rings. The Morgan fingerprint density at radius 2 is 1.75 bits per heavy atom. The molecular weight excluding hydrogens is 269 g/mol. The quantitative estimate of drug-likeness (QED) is 0.886. The molecule has 0 unspecified atom stereocenters. The summed E-state index contributed by atoms with van der Waals surface area (Å²) in [5.41, 5.74) is -0.0613. The molecular formula is C15H11F3O2. The number of hydrogen-bond donors (Lipinski definition) is 1. The molecule has 0 aromatic heterocycles. The Morgan fingerprint density at radius 3 is 2.35 bits per heavy atom. The van der Waals surface area contributed by atoms with Crippen LogP contribution in [0.1, 0.15) is 21.5 Å². The molecule has 1 N–H and O–H groups in total. The van der Waals surface area contributed by atoms with Crippen LogP contribution < -0.4 is 0 Å². The van der Waals surface area contributed by atoms with Crippen molar-refractivity contribution in [2.45, 2.75) is 13.1 Å². The number of halogens is 3. The number of aryl methyl sites for hydroxylation is 1. The first-order valence-corrected chi connectivity index (χ1v) is 5.81. The molecule has 0 radical (unpaired) electrons. The first-order valence-electron chi connectivity index (χ1n) is 5.81. The van der Waals surface area contributed by atoms with Crippen molar-refractivity contribution >= 4 is 5.97 Å². The highest BCUT2D eigenvalue weighted by atomic mass is 19.4. The maximum atomic E-state index is 13.0. The highest BCUT2D eigenvalue weighted by Gasteiger charge is 2.33. The smallest absolute Gasteiger partial charge is 0.417 e. The lowest BCUT2D eigenvalue weighted by Crippen LogP contribution is -2.07. The lowest BCUT2D eigenvalue weighted by atomic mass is 9.96. The lowest BCUT2D eigenvalue weighted by molar-refractivity contribution is -0.137. The van der Waals surface area contributed by atoms with Crippen LogP contribution in [-0.2, 0) is 6.18 Å². The van der Waals surface area contributed by atoms with E-state index in [0.717, 1.165) is 6.07 Å². The standard InChI is InChI=1S/C15H11F3O2/c1-9-6-7-10(8-12(9)14(19)20)11-4-2-3-5-13(11)15(16,17)18/h2-8H,1H3,(H,19,20). The van der Waals surface area contributed by atoms with Gasteiger partial charge in [-0.2, -0.15) is 13.2 Å². The maximum Gasteiger partial charge on any atom is 0.417 e. The van der Waals surface area contributed by atoms with Gasteiger partial charge in [0, 0.05) is 0 Å². The Bertz CT molecular complexity index is 660. The number of carboxylic acids is 1. The lowest BCUT2D eigenvalue weighted by Gasteiger charge is -2.13. The molecule has 0 saturated carbocycles. The fourth-order valence-electron chi connectivity index (χ4n) is 2.00. The van der Waals surface area contributed by atoms with Gasteiger partial charge in [0.25, 0.3) is 0 Å². The molecule has 0 atom stereocenters. The molecule has 0 saturated heterocycles. The summed E-state index contributed by atoms with van der Waals surface area (Å²) in [4.78, 5) is 11.1. The van der Waals surface area contributed by atoms with Gasteiger partial charge in [-0.15, -0.1) is 0 Å². The summed E-state index contributed by atoms with van der Waals surface area (Å²) in [6, 6.07) is 9.37. The molecule has 0 bridgehead atoms. The molecule has 0 spiro atoms. The zero-order valence-electron chi connectivity index (χ0n) is 10.5. The van der Waals surface area contributed by atoms with E-state index in [4.69, 9.17) is 5.11 Å². The van der Waals surface area contributed by atoms with Crippen molar-refractivity contribution in [3.05, 3.63) is 59.2 Å². The summed E-state index contributed by atoms with van der Waals surface area (Å²) < 4.78 is 38.9. The van der Waals surface area contributed by atoms with Gasteiger partial charge >= 0.3 is 12.1 Å². The van der Waals surface area contributed by atoms with Gasteiger partial charge in [-0.3, -0.25) is 0 Å². The Balaban J connectivity index is 2.64. The number of benzene rings is 2. The Kier molecular flexibility index (Phi) is 3.53. The minimum Gasteiger partial charge on any atom is -0.478 e. The van der Waals surface area contributed by atoms with Crippen LogP contribution in [0.3, 0.4) is 0 Å². The van der Waals surface area contributed by atoms with Crippen molar-refractivity contribution in [2.75, 3.05) is 0 Å². The molecule has 5 heteroatoms. The third kappa shape index (κ3) is 2.66. The van der Waals surface area contributed by atoms with Gasteiger partial charge in [0.1, 0.15) is 0 Å². The van der Waals surface area contributed by atoms with Crippen LogP contribution in [0.5, 0.6) is 0 Å². The van der Waals surface area contributed by atoms with Crippen LogP contribution >= 0.6 is 0 Å². The monoisotopic (exact) mass is 280 g/mol. The SMILES string of the molecule is Cc1ccc(-c2ccccc2C(F)(F)F)cc1C(=O)O. The van der Waals surface area contributed by atoms with Crippen molar-refractivity contribution in [3.8, 4) is 11.1 Å². The molecule has 20 heavy (non-hydrogen) atoms. The molecule has 2 nitrogen and oxygen atoms in total. The molecule has 0 amide bonds. The van der Waals surface area contributed by atoms with Crippen LogP contribution in [0.2, 0.25) is 0 Å². The second-order valence-corrected chi connectivity index (χ2v) is 4.38. The summed E-state index contributed by atoms with van der Waals surface area (Å²) >= 11 is 0. The van der Waals surface area contributed by atoms with Crippen molar-refractivity contribution in [2.24, 2.45) is 0 Å². The van der Waals surface area contributed by atoms with Gasteiger partial charge in [-0.25, -0.2) is 4.79 Å². The van der Waals surface area contributed by atoms with Crippen LogP contribution in [0.15, 0.2) is 42.5 Å². The normalized spacial score (nSPS) is 11.4. The topological polar surface area (TPSA) is 37.3 Å². The molecule has 2 aromatic rings. The highest BCUT2D eigenvalue weighted by molar-refractivity contribution is 5.91. The predicted molar refractivity (Wildman–Crippen MR) is 68.6 cm³/mol. The molecule has 2 aromatic carbocycles. The van der Waals surface area contributed by atoms with E-state index in [9.17, 15) is 18.0 Å². The second-order valence-electron chi connectivity index (χ2n) is 4.38. The first kappa shape index (κ1) is 14.1. The van der Waals surface area contributed by atoms with E-state index >= 15 is 0 Å². The molecule has 0 fully saturated rings. The van der Waals surface area contributed by atoms with E-state index in [-0.39, 0.29) is 16.7 Å². The average molecular weight is 280 g/mol. The van der Waals surface area contributed by atoms with Crippen LogP contribution in [0, 0.1) is 6.92 Å². The fraction of sp³-hybridized carbons (Fsp3) is 0.133. The van der Waals surface area contributed by atoms with Gasteiger partial charge in [-0.1, -0.05) is 30.3 Å². The van der Waals surface area contributed by atoms with Crippen LogP contribution in [-0.4, -0.2) is 11.1 Å². The van der Waals surface area contributed by atoms with Crippen molar-refractivity contribution in [1.29, 1.82) is 0 Å². The Labute approximate surface area is 113 Å². The summed E-state index contributed by atoms with van der Waals surface area (Å²) in [6.45, 7) is 1.60. The number of carbonyl (C=O) groups is 1. The van der Waals surface area contributed by atoms with Crippen molar-refractivity contribution in [1.82, 2.24) is 0 Å². The van der Waals surface area contributed by atoms with Gasteiger partial charge in [-0.05, 0) is 35.7 Å². The number of carboxylic acid groups (broad SMARTS) is 1. The van der Waals surface area contributed by atoms with Gasteiger partial charge < -0.3 is 5.11 Å². The minimum absolute atomic E-state index is 0.000484. The van der Waals surface area contributed by atoms with E-state index in [1.807, 2.05) is 0 Å². The third-order valence-electron chi connectivity index (χ3n) is 3.01. The van der Waals surface area contributed by atoms with Crippen LogP contribution in [0.4, 0.5) is 13.2 Å².